The van der Waals surface area contributed by atoms with Crippen molar-refractivity contribution in [3.8, 4) is 34.2 Å². The molecule has 4 aromatic rings. The standard InChI is InChI=1S/C26H21N3O4S/c1-17-6-12-22(13-7-17)34(31,32)29-20-10-8-18(9-11-20)25-15-23(24(16-27)26(30)28-25)19-4-3-5-21(14-19)33-2/h3-15,29H,1-2H3,(H,28,30). The molecule has 0 bridgehead atoms. The molecule has 4 rings (SSSR count). The number of nitriles is 1. The molecule has 34 heavy (non-hydrogen) atoms. The molecule has 0 atom stereocenters. The van der Waals surface area contributed by atoms with Gasteiger partial charge in [0.25, 0.3) is 15.6 Å². The minimum absolute atomic E-state index is 0.000480. The highest BCUT2D eigenvalue weighted by molar-refractivity contribution is 7.92. The van der Waals surface area contributed by atoms with Crippen molar-refractivity contribution in [2.75, 3.05) is 11.8 Å². The van der Waals surface area contributed by atoms with Gasteiger partial charge in [-0.2, -0.15) is 5.26 Å². The van der Waals surface area contributed by atoms with Gasteiger partial charge in [-0.3, -0.25) is 9.52 Å². The fraction of sp³-hybridized carbons (Fsp3) is 0.0769. The Morgan fingerprint density at radius 3 is 2.29 bits per heavy atom. The molecule has 0 aliphatic heterocycles. The number of methoxy groups -OCH3 is 1. The van der Waals surface area contributed by atoms with Crippen molar-refractivity contribution in [3.05, 3.63) is 100 Å². The summed E-state index contributed by atoms with van der Waals surface area (Å²) in [5.41, 5.74) is 3.14. The van der Waals surface area contributed by atoms with Crippen LogP contribution in [0.25, 0.3) is 22.4 Å². The number of hydrogen-bond acceptors (Lipinski definition) is 5. The van der Waals surface area contributed by atoms with Crippen molar-refractivity contribution in [3.63, 3.8) is 0 Å². The van der Waals surface area contributed by atoms with Gasteiger partial charge in [-0.15, -0.1) is 0 Å². The minimum Gasteiger partial charge on any atom is -0.497 e. The van der Waals surface area contributed by atoms with E-state index in [2.05, 4.69) is 9.71 Å². The molecule has 0 amide bonds. The number of ether oxygens (including phenoxy) is 1. The summed E-state index contributed by atoms with van der Waals surface area (Å²) in [5.74, 6) is 0.605. The van der Waals surface area contributed by atoms with Crippen LogP contribution < -0.4 is 15.0 Å². The molecule has 0 spiro atoms. The SMILES string of the molecule is COc1cccc(-c2cc(-c3ccc(NS(=O)(=O)c4ccc(C)cc4)cc3)[nH]c(=O)c2C#N)c1. The van der Waals surface area contributed by atoms with Gasteiger partial charge >= 0.3 is 0 Å². The molecule has 0 fully saturated rings. The van der Waals surface area contributed by atoms with Crippen molar-refractivity contribution in [2.45, 2.75) is 11.8 Å². The Hall–Kier alpha value is -4.35. The van der Waals surface area contributed by atoms with E-state index >= 15 is 0 Å². The normalized spacial score (nSPS) is 11.0. The smallest absolute Gasteiger partial charge is 0.266 e. The number of H-pyrrole nitrogens is 1. The van der Waals surface area contributed by atoms with Crippen LogP contribution in [-0.4, -0.2) is 20.5 Å². The molecule has 0 saturated heterocycles. The van der Waals surface area contributed by atoms with Gasteiger partial charge in [0.2, 0.25) is 0 Å². The summed E-state index contributed by atoms with van der Waals surface area (Å²) in [6.07, 6.45) is 0. The minimum atomic E-state index is -3.73. The lowest BCUT2D eigenvalue weighted by molar-refractivity contribution is 0.415. The van der Waals surface area contributed by atoms with E-state index in [1.807, 2.05) is 13.0 Å². The molecule has 0 aliphatic rings. The first-order chi connectivity index (χ1) is 16.3. The van der Waals surface area contributed by atoms with Crippen molar-refractivity contribution in [1.82, 2.24) is 4.98 Å². The Kier molecular flexibility index (Phi) is 6.21. The summed E-state index contributed by atoms with van der Waals surface area (Å²) in [7, 11) is -2.18. The third-order valence-electron chi connectivity index (χ3n) is 5.31. The summed E-state index contributed by atoms with van der Waals surface area (Å²) in [5, 5.41) is 9.54. The predicted molar refractivity (Wildman–Crippen MR) is 131 cm³/mol. The molecule has 1 aromatic heterocycles. The number of nitrogens with one attached hydrogen (secondary N) is 2. The van der Waals surface area contributed by atoms with Crippen molar-refractivity contribution >= 4 is 15.7 Å². The number of anilines is 1. The number of rotatable bonds is 6. The number of aromatic amines is 1. The average Bonchev–Trinajstić information content (AvgIpc) is 2.84. The fourth-order valence-corrected chi connectivity index (χ4v) is 4.55. The number of aromatic nitrogens is 1. The van der Waals surface area contributed by atoms with E-state index in [0.29, 0.717) is 33.8 Å². The third-order valence-corrected chi connectivity index (χ3v) is 6.70. The Bertz CT molecular complexity index is 1550. The number of benzene rings is 3. The molecule has 170 valence electrons. The van der Waals surface area contributed by atoms with Crippen LogP contribution >= 0.6 is 0 Å². The number of hydrogen-bond donors (Lipinski definition) is 2. The molecule has 3 aromatic carbocycles. The van der Waals surface area contributed by atoms with Crippen LogP contribution in [0.2, 0.25) is 0 Å². The molecule has 0 unspecified atom stereocenters. The summed E-state index contributed by atoms with van der Waals surface area (Å²) in [6, 6.07) is 24.0. The number of nitrogens with zero attached hydrogens (tertiary/aromatic N) is 1. The van der Waals surface area contributed by atoms with Gasteiger partial charge in [-0.1, -0.05) is 42.0 Å². The summed E-state index contributed by atoms with van der Waals surface area (Å²) < 4.78 is 33.1. The van der Waals surface area contributed by atoms with Crippen LogP contribution in [0.3, 0.4) is 0 Å². The quantitative estimate of drug-likeness (QED) is 0.423. The highest BCUT2D eigenvalue weighted by Crippen LogP contribution is 2.29. The van der Waals surface area contributed by atoms with Crippen molar-refractivity contribution in [1.29, 1.82) is 5.26 Å². The Morgan fingerprint density at radius 1 is 0.941 bits per heavy atom. The summed E-state index contributed by atoms with van der Waals surface area (Å²) in [4.78, 5) is 15.5. The van der Waals surface area contributed by atoms with E-state index in [1.54, 1.807) is 86.0 Å². The average molecular weight is 472 g/mol. The first-order valence-corrected chi connectivity index (χ1v) is 11.8. The molecule has 1 heterocycles. The lowest BCUT2D eigenvalue weighted by atomic mass is 9.99. The maximum absolute atomic E-state index is 12.6. The molecule has 0 radical (unpaired) electrons. The first kappa shape index (κ1) is 22.8. The van der Waals surface area contributed by atoms with Gasteiger partial charge in [-0.25, -0.2) is 8.42 Å². The highest BCUT2D eigenvalue weighted by atomic mass is 32.2. The zero-order valence-electron chi connectivity index (χ0n) is 18.5. The van der Waals surface area contributed by atoms with E-state index in [-0.39, 0.29) is 10.5 Å². The van der Waals surface area contributed by atoms with Crippen molar-refractivity contribution in [2.24, 2.45) is 0 Å². The van der Waals surface area contributed by atoms with E-state index in [4.69, 9.17) is 4.74 Å². The Balaban J connectivity index is 1.68. The summed E-state index contributed by atoms with van der Waals surface area (Å²) in [6.45, 7) is 1.88. The van der Waals surface area contributed by atoms with Crippen molar-refractivity contribution < 1.29 is 13.2 Å². The molecule has 0 saturated carbocycles. The third kappa shape index (κ3) is 4.70. The zero-order chi connectivity index (χ0) is 24.3. The molecule has 2 N–H and O–H groups in total. The van der Waals surface area contributed by atoms with E-state index in [1.165, 1.54) is 0 Å². The van der Waals surface area contributed by atoms with Crippen LogP contribution in [0.1, 0.15) is 11.1 Å². The van der Waals surface area contributed by atoms with Crippen LogP contribution in [0, 0.1) is 18.3 Å². The molecule has 8 heteroatoms. The number of aryl methyl sites for hydroxylation is 1. The highest BCUT2D eigenvalue weighted by Gasteiger charge is 2.15. The van der Waals surface area contributed by atoms with Crippen LogP contribution in [0.5, 0.6) is 5.75 Å². The summed E-state index contributed by atoms with van der Waals surface area (Å²) >= 11 is 0. The van der Waals surface area contributed by atoms with Gasteiger partial charge in [-0.05, 0) is 60.5 Å². The van der Waals surface area contributed by atoms with Gasteiger partial charge < -0.3 is 9.72 Å². The maximum atomic E-state index is 12.6. The number of pyridine rings is 1. The molecular weight excluding hydrogens is 450 g/mol. The monoisotopic (exact) mass is 471 g/mol. The topological polar surface area (TPSA) is 112 Å². The Morgan fingerprint density at radius 2 is 1.65 bits per heavy atom. The molecule has 7 nitrogen and oxygen atoms in total. The maximum Gasteiger partial charge on any atom is 0.266 e. The van der Waals surface area contributed by atoms with Crippen LogP contribution in [0.4, 0.5) is 5.69 Å². The second-order valence-corrected chi connectivity index (χ2v) is 9.32. The largest absolute Gasteiger partial charge is 0.497 e. The van der Waals surface area contributed by atoms with E-state index < -0.39 is 15.6 Å². The second-order valence-electron chi connectivity index (χ2n) is 7.64. The van der Waals surface area contributed by atoms with Gasteiger partial charge in [0.05, 0.1) is 12.0 Å². The Labute approximate surface area is 197 Å². The molecular formula is C26H21N3O4S. The second kappa shape index (κ2) is 9.25. The van der Waals surface area contributed by atoms with Crippen LogP contribution in [-0.2, 0) is 10.0 Å². The predicted octanol–water partition coefficient (Wildman–Crippen LogP) is 4.70. The lowest BCUT2D eigenvalue weighted by Crippen LogP contribution is -2.13. The van der Waals surface area contributed by atoms with Gasteiger partial charge in [0, 0.05) is 16.9 Å². The molecule has 0 aliphatic carbocycles. The lowest BCUT2D eigenvalue weighted by Gasteiger charge is -2.11. The van der Waals surface area contributed by atoms with Gasteiger partial charge in [0.15, 0.2) is 0 Å². The van der Waals surface area contributed by atoms with Crippen LogP contribution in [0.15, 0.2) is 88.6 Å². The fourth-order valence-electron chi connectivity index (χ4n) is 3.49. The number of sulfonamides is 1. The zero-order valence-corrected chi connectivity index (χ0v) is 19.3. The van der Waals surface area contributed by atoms with Gasteiger partial charge in [0.1, 0.15) is 17.4 Å². The van der Waals surface area contributed by atoms with E-state index in [0.717, 1.165) is 5.56 Å². The first-order valence-electron chi connectivity index (χ1n) is 10.3. The van der Waals surface area contributed by atoms with E-state index in [9.17, 15) is 18.5 Å².